The van der Waals surface area contributed by atoms with Crippen LogP contribution < -0.4 is 16.0 Å². The van der Waals surface area contributed by atoms with Crippen molar-refractivity contribution in [2.75, 3.05) is 29.0 Å². The summed E-state index contributed by atoms with van der Waals surface area (Å²) in [5.74, 6) is 1.80. The number of nitrogens with two attached hydrogens (primary N) is 1. The number of nitrogen functional groups attached to an aromatic ring is 1. The summed E-state index contributed by atoms with van der Waals surface area (Å²) in [6, 6.07) is 11.5. The summed E-state index contributed by atoms with van der Waals surface area (Å²) in [6.07, 6.45) is 5.20. The standard InChI is InChI=1S/C22H20N6OS/c1-13-11-28(12-13)20-8-15(4-5-24-20)21(29)27-19-7-17-6-14(2-3-16(17)9-25-19)18-10-26-22(23)30-18/h2-10,13H,11-12H2,1H3,(H2,23,26)(H,25,27,29). The molecule has 8 heteroatoms. The number of aromatic nitrogens is 3. The molecule has 1 aromatic carbocycles. The van der Waals surface area contributed by atoms with Gasteiger partial charge in [0, 0.05) is 42.6 Å². The number of carbonyl (C=O) groups is 1. The van der Waals surface area contributed by atoms with E-state index in [-0.39, 0.29) is 5.91 Å². The molecule has 1 aliphatic heterocycles. The fourth-order valence-corrected chi connectivity index (χ4v) is 4.27. The first kappa shape index (κ1) is 18.5. The second-order valence-electron chi connectivity index (χ2n) is 7.56. The van der Waals surface area contributed by atoms with Crippen LogP contribution in [0.4, 0.5) is 16.8 Å². The van der Waals surface area contributed by atoms with Crippen LogP contribution in [0.2, 0.25) is 0 Å². The predicted octanol–water partition coefficient (Wildman–Crippen LogP) is 4.04. The first-order chi connectivity index (χ1) is 14.5. The molecular weight excluding hydrogens is 396 g/mol. The van der Waals surface area contributed by atoms with Gasteiger partial charge in [-0.15, -0.1) is 0 Å². The molecule has 0 unspecified atom stereocenters. The monoisotopic (exact) mass is 416 g/mol. The lowest BCUT2D eigenvalue weighted by Gasteiger charge is -2.38. The highest BCUT2D eigenvalue weighted by atomic mass is 32.1. The number of rotatable bonds is 4. The van der Waals surface area contributed by atoms with Crippen molar-refractivity contribution in [3.05, 3.63) is 60.6 Å². The van der Waals surface area contributed by atoms with Gasteiger partial charge in [0.25, 0.3) is 5.91 Å². The average Bonchev–Trinajstić information content (AvgIpc) is 3.17. The maximum Gasteiger partial charge on any atom is 0.257 e. The number of nitrogens with zero attached hydrogens (tertiary/aromatic N) is 4. The molecule has 30 heavy (non-hydrogen) atoms. The lowest BCUT2D eigenvalue weighted by molar-refractivity contribution is 0.102. The van der Waals surface area contributed by atoms with Gasteiger partial charge < -0.3 is 16.0 Å². The van der Waals surface area contributed by atoms with E-state index in [4.69, 9.17) is 5.73 Å². The van der Waals surface area contributed by atoms with Gasteiger partial charge in [0.05, 0.1) is 4.88 Å². The van der Waals surface area contributed by atoms with E-state index in [0.717, 1.165) is 40.1 Å². The van der Waals surface area contributed by atoms with Gasteiger partial charge in [-0.05, 0) is 41.1 Å². The maximum atomic E-state index is 12.8. The van der Waals surface area contributed by atoms with Gasteiger partial charge in [-0.1, -0.05) is 30.4 Å². The molecule has 0 atom stereocenters. The summed E-state index contributed by atoms with van der Waals surface area (Å²) in [6.45, 7) is 4.14. The van der Waals surface area contributed by atoms with Gasteiger partial charge in [-0.3, -0.25) is 4.79 Å². The highest BCUT2D eigenvalue weighted by molar-refractivity contribution is 7.18. The van der Waals surface area contributed by atoms with Crippen LogP contribution >= 0.6 is 11.3 Å². The van der Waals surface area contributed by atoms with Crippen LogP contribution in [0.1, 0.15) is 17.3 Å². The first-order valence-corrected chi connectivity index (χ1v) is 10.5. The fourth-order valence-electron chi connectivity index (χ4n) is 3.59. The molecule has 7 nitrogen and oxygen atoms in total. The lowest BCUT2D eigenvalue weighted by atomic mass is 10.0. The quantitative estimate of drug-likeness (QED) is 0.521. The molecule has 1 fully saturated rings. The van der Waals surface area contributed by atoms with Crippen molar-refractivity contribution < 1.29 is 4.79 Å². The highest BCUT2D eigenvalue weighted by Gasteiger charge is 2.24. The third-order valence-electron chi connectivity index (χ3n) is 5.17. The molecule has 150 valence electrons. The number of benzene rings is 1. The maximum absolute atomic E-state index is 12.8. The van der Waals surface area contributed by atoms with E-state index in [9.17, 15) is 4.79 Å². The molecular formula is C22H20N6OS. The van der Waals surface area contributed by atoms with Crippen LogP contribution in [-0.2, 0) is 0 Å². The van der Waals surface area contributed by atoms with Crippen molar-refractivity contribution in [2.45, 2.75) is 6.92 Å². The average molecular weight is 417 g/mol. The Kier molecular flexibility index (Phi) is 4.55. The van der Waals surface area contributed by atoms with Crippen molar-refractivity contribution >= 4 is 44.8 Å². The number of thiazole rings is 1. The molecule has 4 heterocycles. The van der Waals surface area contributed by atoms with Gasteiger partial charge in [-0.2, -0.15) is 0 Å². The summed E-state index contributed by atoms with van der Waals surface area (Å²) in [5.41, 5.74) is 7.35. The second-order valence-corrected chi connectivity index (χ2v) is 8.62. The minimum absolute atomic E-state index is 0.203. The van der Waals surface area contributed by atoms with E-state index >= 15 is 0 Å². The van der Waals surface area contributed by atoms with Crippen LogP contribution in [-0.4, -0.2) is 33.9 Å². The number of hydrogen-bond acceptors (Lipinski definition) is 7. The van der Waals surface area contributed by atoms with E-state index in [1.807, 2.05) is 24.3 Å². The Morgan fingerprint density at radius 3 is 2.73 bits per heavy atom. The zero-order valence-electron chi connectivity index (χ0n) is 16.4. The Bertz CT molecular complexity index is 1250. The lowest BCUT2D eigenvalue weighted by Crippen LogP contribution is -2.45. The SMILES string of the molecule is CC1CN(c2cc(C(=O)Nc3cc4cc(-c5cnc(N)s5)ccc4cn3)ccn2)C1. The van der Waals surface area contributed by atoms with Gasteiger partial charge in [0.1, 0.15) is 11.6 Å². The number of pyridine rings is 2. The summed E-state index contributed by atoms with van der Waals surface area (Å²) >= 11 is 1.44. The highest BCUT2D eigenvalue weighted by Crippen LogP contribution is 2.30. The smallest absolute Gasteiger partial charge is 0.257 e. The van der Waals surface area contributed by atoms with E-state index in [1.54, 1.807) is 24.7 Å². The molecule has 1 aliphatic rings. The summed E-state index contributed by atoms with van der Waals surface area (Å²) in [5, 5.41) is 5.41. The van der Waals surface area contributed by atoms with Crippen molar-refractivity contribution in [1.82, 2.24) is 15.0 Å². The molecule has 5 rings (SSSR count). The Hall–Kier alpha value is -3.52. The molecule has 0 aliphatic carbocycles. The van der Waals surface area contributed by atoms with Gasteiger partial charge in [-0.25, -0.2) is 15.0 Å². The molecule has 0 bridgehead atoms. The van der Waals surface area contributed by atoms with E-state index in [1.165, 1.54) is 11.3 Å². The molecule has 0 radical (unpaired) electrons. The largest absolute Gasteiger partial charge is 0.375 e. The number of carbonyl (C=O) groups excluding carboxylic acids is 1. The molecule has 0 saturated carbocycles. The van der Waals surface area contributed by atoms with Crippen molar-refractivity contribution in [2.24, 2.45) is 5.92 Å². The summed E-state index contributed by atoms with van der Waals surface area (Å²) in [7, 11) is 0. The third-order valence-corrected chi connectivity index (χ3v) is 6.04. The van der Waals surface area contributed by atoms with Gasteiger partial charge in [0.15, 0.2) is 5.13 Å². The van der Waals surface area contributed by atoms with Gasteiger partial charge >= 0.3 is 0 Å². The first-order valence-electron chi connectivity index (χ1n) is 9.69. The Morgan fingerprint density at radius 2 is 1.97 bits per heavy atom. The minimum atomic E-state index is -0.203. The van der Waals surface area contributed by atoms with Crippen molar-refractivity contribution in [3.8, 4) is 10.4 Å². The van der Waals surface area contributed by atoms with Crippen molar-refractivity contribution in [1.29, 1.82) is 0 Å². The number of fused-ring (bicyclic) bond motifs is 1. The molecule has 3 aromatic heterocycles. The van der Waals surface area contributed by atoms with Crippen LogP contribution in [0, 0.1) is 5.92 Å². The molecule has 1 amide bonds. The van der Waals surface area contributed by atoms with Crippen LogP contribution in [0.15, 0.2) is 55.0 Å². The van der Waals surface area contributed by atoms with E-state index in [0.29, 0.717) is 22.4 Å². The normalized spacial score (nSPS) is 14.0. The fraction of sp³-hybridized carbons (Fsp3) is 0.182. The summed E-state index contributed by atoms with van der Waals surface area (Å²) in [4.78, 5) is 28.8. The molecule has 1 saturated heterocycles. The van der Waals surface area contributed by atoms with E-state index < -0.39 is 0 Å². The predicted molar refractivity (Wildman–Crippen MR) is 121 cm³/mol. The minimum Gasteiger partial charge on any atom is -0.375 e. The zero-order valence-corrected chi connectivity index (χ0v) is 17.2. The van der Waals surface area contributed by atoms with E-state index in [2.05, 4.69) is 38.2 Å². The number of hydrogen-bond donors (Lipinski definition) is 2. The third kappa shape index (κ3) is 3.57. The van der Waals surface area contributed by atoms with Crippen LogP contribution in [0.3, 0.4) is 0 Å². The number of amides is 1. The summed E-state index contributed by atoms with van der Waals surface area (Å²) < 4.78 is 0. The van der Waals surface area contributed by atoms with Gasteiger partial charge in [0.2, 0.25) is 0 Å². The molecule has 3 N–H and O–H groups in total. The van der Waals surface area contributed by atoms with Crippen molar-refractivity contribution in [3.63, 3.8) is 0 Å². The van der Waals surface area contributed by atoms with Crippen LogP contribution in [0.5, 0.6) is 0 Å². The topological polar surface area (TPSA) is 97.0 Å². The Morgan fingerprint density at radius 1 is 1.10 bits per heavy atom. The molecule has 4 aromatic rings. The Labute approximate surface area is 177 Å². The number of nitrogens with one attached hydrogen (secondary N) is 1. The second kappa shape index (κ2) is 7.38. The molecule has 0 spiro atoms. The van der Waals surface area contributed by atoms with Crippen LogP contribution in [0.25, 0.3) is 21.2 Å². The number of anilines is 3. The Balaban J connectivity index is 1.38. The zero-order chi connectivity index (χ0) is 20.7.